The van der Waals surface area contributed by atoms with Crippen molar-refractivity contribution in [3.05, 3.63) is 34.9 Å². The van der Waals surface area contributed by atoms with Gasteiger partial charge in [0.1, 0.15) is 0 Å². The molecule has 0 heteroatoms. The molecule has 0 aromatic heterocycles. The number of rotatable bonds is 6. The van der Waals surface area contributed by atoms with Gasteiger partial charge in [-0.05, 0) is 256 Å². The van der Waals surface area contributed by atoms with E-state index in [0.717, 1.165) is 88.8 Å². The van der Waals surface area contributed by atoms with Gasteiger partial charge in [0.15, 0.2) is 0 Å². The van der Waals surface area contributed by atoms with Crippen LogP contribution in [0.4, 0.5) is 0 Å². The molecule has 0 N–H and O–H groups in total. The first kappa shape index (κ1) is 47.2. The summed E-state index contributed by atoms with van der Waals surface area (Å²) < 4.78 is 0. The molecule has 3 unspecified atom stereocenters. The Kier molecular flexibility index (Phi) is 18.8. The van der Waals surface area contributed by atoms with Crippen LogP contribution in [0.5, 0.6) is 0 Å². The molecule has 6 fully saturated rings. The lowest BCUT2D eigenvalue weighted by molar-refractivity contribution is 0.124. The Morgan fingerprint density at radius 3 is 0.933 bits per heavy atom. The second kappa shape index (κ2) is 23.9. The quantitative estimate of drug-likeness (QED) is 0.234. The molecule has 0 nitrogen and oxygen atoms in total. The Bertz CT molecular complexity index is 1320. The topological polar surface area (TPSA) is 0 Å². The van der Waals surface area contributed by atoms with E-state index < -0.39 is 0 Å². The monoisotopic (exact) mass is 835 g/mol. The first-order valence-corrected chi connectivity index (χ1v) is 28.2. The first-order chi connectivity index (χ1) is 29.2. The van der Waals surface area contributed by atoms with Gasteiger partial charge in [0.25, 0.3) is 0 Å². The zero-order chi connectivity index (χ0) is 41.8. The van der Waals surface area contributed by atoms with Crippen LogP contribution >= 0.6 is 0 Å². The lowest BCUT2D eigenvalue weighted by Gasteiger charge is -2.40. The van der Waals surface area contributed by atoms with Crippen molar-refractivity contribution < 1.29 is 8.56 Å². The van der Waals surface area contributed by atoms with Gasteiger partial charge in [0.2, 0.25) is 0 Å². The molecule has 0 bridgehead atoms. The average molecular weight is 836 g/mol. The van der Waals surface area contributed by atoms with Gasteiger partial charge in [0.05, 0.1) is 0 Å². The molecule has 0 aromatic rings. The van der Waals surface area contributed by atoms with E-state index in [1.807, 2.05) is 11.1 Å². The molecule has 0 spiro atoms. The van der Waals surface area contributed by atoms with Crippen LogP contribution in [0.2, 0.25) is 0 Å². The van der Waals surface area contributed by atoms with E-state index >= 15 is 0 Å². The molecule has 9 rings (SSSR count). The third-order valence-electron chi connectivity index (χ3n) is 20.4. The van der Waals surface area contributed by atoms with E-state index in [9.17, 15) is 0 Å². The summed E-state index contributed by atoms with van der Waals surface area (Å²) in [7, 11) is 0. The maximum Gasteiger partial charge on any atom is 0 e. The Balaban J connectivity index is 0.000000473. The lowest BCUT2D eigenvalue weighted by atomic mass is 9.66. The van der Waals surface area contributed by atoms with Gasteiger partial charge in [-0.3, -0.25) is 0 Å². The number of hydrogen-bond donors (Lipinski definition) is 0. The number of hydrogen-bond acceptors (Lipinski definition) is 0. The zero-order valence-electron chi connectivity index (χ0n) is 41.2. The molecule has 0 saturated heterocycles. The Morgan fingerprint density at radius 1 is 0.283 bits per heavy atom. The molecule has 0 amide bonds. The van der Waals surface area contributed by atoms with Gasteiger partial charge >= 0.3 is 0 Å². The zero-order valence-corrected chi connectivity index (χ0v) is 41.2. The van der Waals surface area contributed by atoms with Crippen molar-refractivity contribution in [1.82, 2.24) is 0 Å². The van der Waals surface area contributed by atoms with E-state index in [4.69, 9.17) is 0 Å². The molecular formula is C60H114. The van der Waals surface area contributed by atoms with Crippen molar-refractivity contribution in [3.8, 4) is 0 Å². The van der Waals surface area contributed by atoms with E-state index in [0.29, 0.717) is 0 Å². The van der Waals surface area contributed by atoms with Crippen molar-refractivity contribution in [3.63, 3.8) is 0 Å². The standard InChI is InChI=1S/3C20H34.6H2/c3*1-15-3-7-17(8-4-15)19-11-13-20(14-12-19)18-9-5-16(2)6-10-18;;;;;;/h11,15-18,20H,3-10,12-14H2,1-2H3;7,15-16,18-20H,3-6,8-14H2,1-2H3;3,16-20H,4-14H2,1-2H3;6*1H. The Hall–Kier alpha value is -0.780. The highest BCUT2D eigenvalue weighted by Gasteiger charge is 2.34. The second-order valence-electron chi connectivity index (χ2n) is 24.9. The molecule has 9 aliphatic rings. The van der Waals surface area contributed by atoms with Gasteiger partial charge < -0.3 is 0 Å². The maximum atomic E-state index is 2.69. The van der Waals surface area contributed by atoms with Crippen molar-refractivity contribution >= 4 is 0 Å². The third kappa shape index (κ3) is 14.1. The summed E-state index contributed by atoms with van der Waals surface area (Å²) in [4.78, 5) is 0. The Morgan fingerprint density at radius 2 is 0.583 bits per heavy atom. The van der Waals surface area contributed by atoms with E-state index in [2.05, 4.69) is 59.8 Å². The summed E-state index contributed by atoms with van der Waals surface area (Å²) in [5.41, 5.74) is 5.35. The van der Waals surface area contributed by atoms with Crippen molar-refractivity contribution in [2.24, 2.45) is 88.8 Å². The van der Waals surface area contributed by atoms with Crippen LogP contribution in [0.25, 0.3) is 0 Å². The summed E-state index contributed by atoms with van der Waals surface area (Å²) >= 11 is 0. The highest BCUT2D eigenvalue weighted by Crippen LogP contribution is 2.47. The van der Waals surface area contributed by atoms with Crippen LogP contribution in [0, 0.1) is 88.8 Å². The van der Waals surface area contributed by atoms with Crippen LogP contribution in [0.3, 0.4) is 0 Å². The van der Waals surface area contributed by atoms with Crippen LogP contribution in [0.1, 0.15) is 262 Å². The third-order valence-corrected chi connectivity index (χ3v) is 20.4. The first-order valence-electron chi connectivity index (χ1n) is 28.2. The van der Waals surface area contributed by atoms with Crippen molar-refractivity contribution in [2.75, 3.05) is 0 Å². The minimum Gasteiger partial charge on any atom is -0.0853 e. The summed E-state index contributed by atoms with van der Waals surface area (Å²) in [5, 5.41) is 0. The number of allylic oxidation sites excluding steroid dienone is 6. The van der Waals surface area contributed by atoms with Crippen LogP contribution in [-0.4, -0.2) is 0 Å². The minimum absolute atomic E-state index is 0. The van der Waals surface area contributed by atoms with Crippen LogP contribution < -0.4 is 0 Å². The summed E-state index contributed by atoms with van der Waals surface area (Å²) in [6.45, 7) is 14.5. The van der Waals surface area contributed by atoms with E-state index in [1.54, 1.807) is 44.1 Å². The molecule has 6 saturated carbocycles. The summed E-state index contributed by atoms with van der Waals surface area (Å²) in [6.07, 6.45) is 57.2. The highest BCUT2D eigenvalue weighted by atomic mass is 14.4. The predicted octanol–water partition coefficient (Wildman–Crippen LogP) is 20.6. The molecule has 0 radical (unpaired) electrons. The normalized spacial score (nSPS) is 43.1. The van der Waals surface area contributed by atoms with Crippen LogP contribution in [-0.2, 0) is 0 Å². The molecular weight excluding hydrogens is 721 g/mol. The van der Waals surface area contributed by atoms with Gasteiger partial charge in [-0.15, -0.1) is 0 Å². The van der Waals surface area contributed by atoms with Gasteiger partial charge in [-0.2, -0.15) is 0 Å². The fourth-order valence-electron chi connectivity index (χ4n) is 15.4. The average Bonchev–Trinajstić information content (AvgIpc) is 3.29. The van der Waals surface area contributed by atoms with E-state index in [-0.39, 0.29) is 8.56 Å². The second-order valence-corrected chi connectivity index (χ2v) is 24.9. The van der Waals surface area contributed by atoms with E-state index in [1.165, 1.54) is 173 Å². The fourth-order valence-corrected chi connectivity index (χ4v) is 15.4. The largest absolute Gasteiger partial charge is 0.0853 e. The lowest BCUT2D eigenvalue weighted by Crippen LogP contribution is -2.28. The summed E-state index contributed by atoms with van der Waals surface area (Å²) in [6, 6.07) is 0. The molecule has 3 atom stereocenters. The van der Waals surface area contributed by atoms with Gasteiger partial charge in [0, 0.05) is 8.56 Å². The fraction of sp³-hybridized carbons (Fsp3) is 0.900. The van der Waals surface area contributed by atoms with Crippen molar-refractivity contribution in [1.29, 1.82) is 0 Å². The van der Waals surface area contributed by atoms with Gasteiger partial charge in [-0.1, -0.05) is 121 Å². The molecule has 0 heterocycles. The van der Waals surface area contributed by atoms with Gasteiger partial charge in [-0.25, -0.2) is 0 Å². The maximum absolute atomic E-state index is 2.69. The molecule has 354 valence electrons. The molecule has 9 aliphatic carbocycles. The molecule has 0 aliphatic heterocycles. The molecule has 60 heavy (non-hydrogen) atoms. The highest BCUT2D eigenvalue weighted by molar-refractivity contribution is 5.13. The smallest absolute Gasteiger partial charge is 0 e. The predicted molar refractivity (Wildman–Crippen MR) is 276 cm³/mol. The SMILES string of the molecule is CC1=CCC(C2CCC(C3CCC(C)CC3)CC2)CC1.CC1CC=C(C2CCC(C3CCC(C)CC3)CC2)CC1.CC1CCC(C2=CCC(C3CCC(C)CC3)CC2)CC1.[HH].[HH].[HH].[HH].[HH].[HH]. The molecule has 0 aromatic carbocycles. The minimum atomic E-state index is 0. The van der Waals surface area contributed by atoms with Crippen LogP contribution in [0.15, 0.2) is 34.9 Å². The Labute approximate surface area is 384 Å². The summed E-state index contributed by atoms with van der Waals surface area (Å²) in [5.74, 6) is 15.5. The van der Waals surface area contributed by atoms with Crippen molar-refractivity contribution in [2.45, 2.75) is 253 Å².